The molecule has 0 unspecified atom stereocenters. The van der Waals surface area contributed by atoms with Gasteiger partial charge in [0.15, 0.2) is 0 Å². The third-order valence-electron chi connectivity index (χ3n) is 5.52. The molecule has 2 aromatic rings. The molecule has 2 aliphatic heterocycles. The lowest BCUT2D eigenvalue weighted by Gasteiger charge is -2.44. The molecule has 1 amide bonds. The van der Waals surface area contributed by atoms with E-state index in [-0.39, 0.29) is 16.8 Å². The molecule has 1 aromatic heterocycles. The molecule has 0 radical (unpaired) electrons. The van der Waals surface area contributed by atoms with E-state index in [0.29, 0.717) is 43.3 Å². The largest absolute Gasteiger partial charge is 0.467 e. The molecule has 4 rings (SSSR count). The first kappa shape index (κ1) is 19.4. The van der Waals surface area contributed by atoms with Crippen molar-refractivity contribution in [2.45, 2.75) is 42.9 Å². The Hall–Kier alpha value is -1.87. The zero-order valence-electron chi connectivity index (χ0n) is 15.5. The van der Waals surface area contributed by atoms with E-state index < -0.39 is 15.7 Å². The summed E-state index contributed by atoms with van der Waals surface area (Å²) in [6.45, 7) is 2.83. The molecule has 2 aliphatic rings. The Balaban J connectivity index is 1.54. The maximum atomic E-state index is 13.0. The predicted molar refractivity (Wildman–Crippen MR) is 104 cm³/mol. The zero-order chi connectivity index (χ0) is 19.9. The maximum absolute atomic E-state index is 13.0. The van der Waals surface area contributed by atoms with Crippen molar-refractivity contribution in [3.8, 4) is 0 Å². The van der Waals surface area contributed by atoms with Crippen LogP contribution < -0.4 is 5.32 Å². The highest BCUT2D eigenvalue weighted by Crippen LogP contribution is 2.35. The summed E-state index contributed by atoms with van der Waals surface area (Å²) in [6.07, 6.45) is 2.59. The van der Waals surface area contributed by atoms with Crippen molar-refractivity contribution in [3.05, 3.63) is 53.4 Å². The number of halogens is 1. The van der Waals surface area contributed by atoms with Crippen LogP contribution in [0.2, 0.25) is 5.02 Å². The van der Waals surface area contributed by atoms with Crippen molar-refractivity contribution < 1.29 is 17.6 Å². The first-order valence-electron chi connectivity index (χ1n) is 9.19. The molecule has 1 aromatic carbocycles. The number of hydrogen-bond donors (Lipinski definition) is 1. The summed E-state index contributed by atoms with van der Waals surface area (Å²) >= 11 is 5.96. The number of amides is 1. The second-order valence-corrected chi connectivity index (χ2v) is 9.64. The van der Waals surface area contributed by atoms with Crippen molar-refractivity contribution in [2.75, 3.05) is 13.1 Å². The Morgan fingerprint density at radius 2 is 2.00 bits per heavy atom. The second-order valence-electron chi connectivity index (χ2n) is 7.26. The van der Waals surface area contributed by atoms with Crippen LogP contribution in [-0.2, 0) is 21.4 Å². The molecule has 0 saturated carbocycles. The fourth-order valence-electron chi connectivity index (χ4n) is 4.06. The highest BCUT2D eigenvalue weighted by Gasteiger charge is 2.51. The topological polar surface area (TPSA) is 82.9 Å². The van der Waals surface area contributed by atoms with Gasteiger partial charge in [-0.2, -0.15) is 4.31 Å². The van der Waals surface area contributed by atoms with E-state index in [0.717, 1.165) is 0 Å². The molecule has 1 atom stereocenters. The zero-order valence-corrected chi connectivity index (χ0v) is 17.0. The molecule has 7 nitrogen and oxygen atoms in total. The van der Waals surface area contributed by atoms with Gasteiger partial charge in [0.05, 0.1) is 29.4 Å². The minimum atomic E-state index is -3.63. The summed E-state index contributed by atoms with van der Waals surface area (Å²) in [4.78, 5) is 14.7. The van der Waals surface area contributed by atoms with Gasteiger partial charge in [-0.3, -0.25) is 10.1 Å². The van der Waals surface area contributed by atoms with Crippen LogP contribution in [0, 0.1) is 0 Å². The summed E-state index contributed by atoms with van der Waals surface area (Å²) in [6, 6.07) is 9.60. The number of piperidine rings is 1. The predicted octanol–water partition coefficient (Wildman–Crippen LogP) is 2.43. The lowest BCUT2D eigenvalue weighted by atomic mass is 9.97. The molecule has 0 bridgehead atoms. The van der Waals surface area contributed by atoms with Crippen LogP contribution in [0.1, 0.15) is 25.5 Å². The van der Waals surface area contributed by atoms with E-state index >= 15 is 0 Å². The Morgan fingerprint density at radius 3 is 2.64 bits per heavy atom. The molecule has 1 N–H and O–H groups in total. The summed E-state index contributed by atoms with van der Waals surface area (Å²) in [5.41, 5.74) is -0.566. The fourth-order valence-corrected chi connectivity index (χ4v) is 5.81. The number of carbonyl (C=O) groups excluding carboxylic acids is 1. The van der Waals surface area contributed by atoms with E-state index in [4.69, 9.17) is 16.0 Å². The van der Waals surface area contributed by atoms with E-state index in [1.807, 2.05) is 13.0 Å². The average Bonchev–Trinajstić information content (AvgIpc) is 3.26. The molecule has 3 heterocycles. The second kappa shape index (κ2) is 7.18. The van der Waals surface area contributed by atoms with Crippen molar-refractivity contribution in [1.82, 2.24) is 14.5 Å². The van der Waals surface area contributed by atoms with Crippen LogP contribution in [0.4, 0.5) is 0 Å². The molecule has 2 fully saturated rings. The van der Waals surface area contributed by atoms with Crippen LogP contribution in [-0.4, -0.2) is 48.3 Å². The van der Waals surface area contributed by atoms with Crippen LogP contribution in [0.5, 0.6) is 0 Å². The Bertz CT molecular complexity index is 969. The summed E-state index contributed by atoms with van der Waals surface area (Å²) in [5.74, 6) is 0.708. The Labute approximate surface area is 169 Å². The van der Waals surface area contributed by atoms with Crippen LogP contribution in [0.3, 0.4) is 0 Å². The minimum absolute atomic E-state index is 0.00236. The van der Waals surface area contributed by atoms with Gasteiger partial charge in [0.25, 0.3) is 0 Å². The fraction of sp³-hybridized carbons (Fsp3) is 0.421. The van der Waals surface area contributed by atoms with Gasteiger partial charge in [0.1, 0.15) is 5.76 Å². The van der Waals surface area contributed by atoms with Gasteiger partial charge in [-0.25, -0.2) is 8.42 Å². The molecule has 150 valence electrons. The first-order chi connectivity index (χ1) is 13.3. The normalized spacial score (nSPS) is 22.9. The van der Waals surface area contributed by atoms with E-state index in [1.54, 1.807) is 35.4 Å². The van der Waals surface area contributed by atoms with Crippen molar-refractivity contribution >= 4 is 27.5 Å². The molecule has 1 spiro atoms. The van der Waals surface area contributed by atoms with E-state index in [1.165, 1.54) is 10.4 Å². The monoisotopic (exact) mass is 423 g/mol. The highest BCUT2D eigenvalue weighted by atomic mass is 35.5. The van der Waals surface area contributed by atoms with Gasteiger partial charge in [0, 0.05) is 18.1 Å². The van der Waals surface area contributed by atoms with Gasteiger partial charge in [0.2, 0.25) is 15.9 Å². The lowest BCUT2D eigenvalue weighted by Crippen LogP contribution is -2.59. The summed E-state index contributed by atoms with van der Waals surface area (Å²) < 4.78 is 32.8. The number of nitrogens with zero attached hydrogens (tertiary/aromatic N) is 2. The highest BCUT2D eigenvalue weighted by molar-refractivity contribution is 7.89. The quantitative estimate of drug-likeness (QED) is 0.816. The van der Waals surface area contributed by atoms with E-state index in [2.05, 4.69) is 5.32 Å². The number of furan rings is 1. The van der Waals surface area contributed by atoms with Crippen molar-refractivity contribution in [2.24, 2.45) is 0 Å². The summed E-state index contributed by atoms with van der Waals surface area (Å²) in [7, 11) is -3.63. The molecule has 9 heteroatoms. The van der Waals surface area contributed by atoms with Gasteiger partial charge in [-0.15, -0.1) is 0 Å². The number of rotatable bonds is 4. The van der Waals surface area contributed by atoms with Gasteiger partial charge in [-0.05, 0) is 50.1 Å². The van der Waals surface area contributed by atoms with Crippen LogP contribution >= 0.6 is 11.6 Å². The molecule has 28 heavy (non-hydrogen) atoms. The SMILES string of the molecule is C[C@H]1NC2(CCN(S(=O)(=O)c3cccc(Cl)c3)CC2)N(Cc2ccco2)C1=O. The lowest BCUT2D eigenvalue weighted by molar-refractivity contribution is -0.134. The maximum Gasteiger partial charge on any atom is 0.243 e. The number of benzene rings is 1. The number of nitrogens with one attached hydrogen (secondary N) is 1. The number of sulfonamides is 1. The molecular formula is C19H22ClN3O4S. The average molecular weight is 424 g/mol. The number of hydrogen-bond acceptors (Lipinski definition) is 5. The van der Waals surface area contributed by atoms with Crippen LogP contribution in [0.15, 0.2) is 52.0 Å². The van der Waals surface area contributed by atoms with Crippen molar-refractivity contribution in [3.63, 3.8) is 0 Å². The third kappa shape index (κ3) is 3.34. The van der Waals surface area contributed by atoms with Crippen LogP contribution in [0.25, 0.3) is 0 Å². The Kier molecular flexibility index (Phi) is 4.99. The number of carbonyl (C=O) groups is 1. The molecule has 2 saturated heterocycles. The van der Waals surface area contributed by atoms with E-state index in [9.17, 15) is 13.2 Å². The smallest absolute Gasteiger partial charge is 0.243 e. The van der Waals surface area contributed by atoms with Gasteiger partial charge < -0.3 is 9.32 Å². The molecular weight excluding hydrogens is 402 g/mol. The van der Waals surface area contributed by atoms with Gasteiger partial charge >= 0.3 is 0 Å². The Morgan fingerprint density at radius 1 is 1.25 bits per heavy atom. The van der Waals surface area contributed by atoms with Crippen molar-refractivity contribution in [1.29, 1.82) is 0 Å². The van der Waals surface area contributed by atoms with Gasteiger partial charge in [-0.1, -0.05) is 17.7 Å². The minimum Gasteiger partial charge on any atom is -0.467 e. The summed E-state index contributed by atoms with van der Waals surface area (Å²) in [5, 5.41) is 3.78. The third-order valence-corrected chi connectivity index (χ3v) is 7.65. The standard InChI is InChI=1S/C19H22ClN3O4S/c1-14-18(24)23(13-16-5-3-11-27-16)19(21-14)7-9-22(10-8-19)28(25,26)17-6-2-4-15(20)12-17/h2-6,11-12,14,21H,7-10,13H2,1H3/t14-/m1/s1. The first-order valence-corrected chi connectivity index (χ1v) is 11.0. The molecule has 0 aliphatic carbocycles.